The summed E-state index contributed by atoms with van der Waals surface area (Å²) in [6.07, 6.45) is 1.45. The summed E-state index contributed by atoms with van der Waals surface area (Å²) in [7, 11) is 0. The van der Waals surface area contributed by atoms with Crippen molar-refractivity contribution in [1.82, 2.24) is 4.98 Å². The van der Waals surface area contributed by atoms with Gasteiger partial charge in [0.25, 0.3) is 0 Å². The van der Waals surface area contributed by atoms with Crippen molar-refractivity contribution in [1.29, 1.82) is 0 Å². The van der Waals surface area contributed by atoms with E-state index in [1.807, 2.05) is 48.5 Å². The van der Waals surface area contributed by atoms with Crippen LogP contribution in [-0.2, 0) is 0 Å². The smallest absolute Gasteiger partial charge is 0.0761 e. The van der Waals surface area contributed by atoms with Gasteiger partial charge in [-0.3, -0.25) is 0 Å². The molecular formula is C15H11ClN2O. The Labute approximate surface area is 115 Å². The van der Waals surface area contributed by atoms with Crippen LogP contribution in [0.4, 0.5) is 0 Å². The molecule has 0 saturated carbocycles. The van der Waals surface area contributed by atoms with E-state index in [9.17, 15) is 0 Å². The molecule has 0 aliphatic carbocycles. The Morgan fingerprint density at radius 1 is 1.05 bits per heavy atom. The molecule has 0 radical (unpaired) electrons. The van der Waals surface area contributed by atoms with Gasteiger partial charge in [-0.1, -0.05) is 47.1 Å². The predicted molar refractivity (Wildman–Crippen MR) is 78.1 cm³/mol. The van der Waals surface area contributed by atoms with Crippen LogP contribution in [0.1, 0.15) is 5.56 Å². The summed E-state index contributed by atoms with van der Waals surface area (Å²) in [5.74, 6) is 0. The molecule has 94 valence electrons. The molecule has 1 aromatic heterocycles. The first-order valence-corrected chi connectivity index (χ1v) is 6.21. The van der Waals surface area contributed by atoms with Gasteiger partial charge in [0.05, 0.1) is 11.9 Å². The number of nitrogens with one attached hydrogen (secondary N) is 1. The van der Waals surface area contributed by atoms with E-state index in [1.54, 1.807) is 0 Å². The molecule has 4 heteroatoms. The van der Waals surface area contributed by atoms with E-state index in [2.05, 4.69) is 10.1 Å². The fourth-order valence-electron chi connectivity index (χ4n) is 2.20. The first kappa shape index (κ1) is 11.8. The monoisotopic (exact) mass is 270 g/mol. The molecule has 0 unspecified atom stereocenters. The van der Waals surface area contributed by atoms with E-state index >= 15 is 0 Å². The van der Waals surface area contributed by atoms with Crippen molar-refractivity contribution in [2.75, 3.05) is 0 Å². The normalized spacial score (nSPS) is 11.4. The van der Waals surface area contributed by atoms with Crippen LogP contribution in [-0.4, -0.2) is 16.4 Å². The molecule has 2 N–H and O–H groups in total. The molecule has 0 aliphatic rings. The van der Waals surface area contributed by atoms with Crippen molar-refractivity contribution < 1.29 is 5.21 Å². The van der Waals surface area contributed by atoms with Crippen molar-refractivity contribution >= 4 is 28.7 Å². The minimum absolute atomic E-state index is 0.692. The Kier molecular flexibility index (Phi) is 2.97. The number of fused-ring (bicyclic) bond motifs is 1. The molecule has 0 bridgehead atoms. The van der Waals surface area contributed by atoms with Gasteiger partial charge >= 0.3 is 0 Å². The van der Waals surface area contributed by atoms with Gasteiger partial charge in [0.15, 0.2) is 0 Å². The lowest BCUT2D eigenvalue weighted by molar-refractivity contribution is 0.322. The number of hydrogen-bond donors (Lipinski definition) is 2. The molecule has 0 aliphatic heterocycles. The number of aromatic nitrogens is 1. The Hall–Kier alpha value is -2.26. The van der Waals surface area contributed by atoms with Crippen LogP contribution in [0.15, 0.2) is 53.7 Å². The highest BCUT2D eigenvalue weighted by atomic mass is 35.5. The maximum absolute atomic E-state index is 8.85. The number of H-pyrrole nitrogens is 1. The molecule has 0 atom stereocenters. The number of para-hydroxylation sites is 1. The summed E-state index contributed by atoms with van der Waals surface area (Å²) in [6.45, 7) is 0. The van der Waals surface area contributed by atoms with Crippen molar-refractivity contribution in [3.8, 4) is 11.3 Å². The standard InChI is InChI=1S/C15H11ClN2O/c16-11-7-5-10(6-8-11)15-13(9-17-19)12-3-1-2-4-14(12)18-15/h1-9,18-19H/b17-9+. The summed E-state index contributed by atoms with van der Waals surface area (Å²) in [5, 5.41) is 13.7. The second-order valence-electron chi connectivity index (χ2n) is 4.21. The summed E-state index contributed by atoms with van der Waals surface area (Å²) in [4.78, 5) is 3.34. The third-order valence-corrected chi connectivity index (χ3v) is 3.32. The first-order valence-electron chi connectivity index (χ1n) is 5.83. The Morgan fingerprint density at radius 3 is 2.53 bits per heavy atom. The quantitative estimate of drug-likeness (QED) is 0.407. The number of aromatic amines is 1. The molecule has 0 amide bonds. The third kappa shape index (κ3) is 2.09. The van der Waals surface area contributed by atoms with Crippen LogP contribution in [0.25, 0.3) is 22.2 Å². The number of halogens is 1. The number of oxime groups is 1. The second-order valence-corrected chi connectivity index (χ2v) is 4.65. The first-order chi connectivity index (χ1) is 9.29. The van der Waals surface area contributed by atoms with Gasteiger partial charge in [-0.2, -0.15) is 0 Å². The Bertz CT molecular complexity index is 744. The molecule has 3 rings (SSSR count). The van der Waals surface area contributed by atoms with Crippen LogP contribution in [0.2, 0.25) is 5.02 Å². The minimum Gasteiger partial charge on any atom is -0.411 e. The fourth-order valence-corrected chi connectivity index (χ4v) is 2.33. The van der Waals surface area contributed by atoms with Crippen LogP contribution in [0.3, 0.4) is 0 Å². The lowest BCUT2D eigenvalue weighted by atomic mass is 10.1. The van der Waals surface area contributed by atoms with E-state index in [0.29, 0.717) is 5.02 Å². The van der Waals surface area contributed by atoms with Gasteiger partial charge in [0.1, 0.15) is 0 Å². The van der Waals surface area contributed by atoms with Crippen molar-refractivity contribution in [2.24, 2.45) is 5.16 Å². The fraction of sp³-hybridized carbons (Fsp3) is 0. The SMILES string of the molecule is O/N=C/c1c(-c2ccc(Cl)cc2)[nH]c2ccccc12. The van der Waals surface area contributed by atoms with E-state index < -0.39 is 0 Å². The van der Waals surface area contributed by atoms with Gasteiger partial charge in [-0.15, -0.1) is 0 Å². The van der Waals surface area contributed by atoms with Gasteiger partial charge in [0.2, 0.25) is 0 Å². The Balaban J connectivity index is 2.27. The molecule has 3 aromatic rings. The summed E-state index contributed by atoms with van der Waals surface area (Å²) in [5.41, 5.74) is 3.77. The van der Waals surface area contributed by atoms with E-state index in [4.69, 9.17) is 16.8 Å². The summed E-state index contributed by atoms with van der Waals surface area (Å²) < 4.78 is 0. The highest BCUT2D eigenvalue weighted by Gasteiger charge is 2.11. The zero-order valence-corrected chi connectivity index (χ0v) is 10.7. The largest absolute Gasteiger partial charge is 0.411 e. The molecular weight excluding hydrogens is 260 g/mol. The Morgan fingerprint density at radius 2 is 1.79 bits per heavy atom. The molecule has 0 fully saturated rings. The van der Waals surface area contributed by atoms with Crippen molar-refractivity contribution in [2.45, 2.75) is 0 Å². The lowest BCUT2D eigenvalue weighted by Crippen LogP contribution is -1.85. The van der Waals surface area contributed by atoms with E-state index in [0.717, 1.165) is 27.7 Å². The predicted octanol–water partition coefficient (Wildman–Crippen LogP) is 4.30. The van der Waals surface area contributed by atoms with Gasteiger partial charge in [0, 0.05) is 21.5 Å². The topological polar surface area (TPSA) is 48.4 Å². The maximum atomic E-state index is 8.85. The average Bonchev–Trinajstić information content (AvgIpc) is 2.79. The zero-order valence-electron chi connectivity index (χ0n) is 9.97. The number of rotatable bonds is 2. The molecule has 1 heterocycles. The number of nitrogens with zero attached hydrogens (tertiary/aromatic N) is 1. The zero-order chi connectivity index (χ0) is 13.2. The van der Waals surface area contributed by atoms with Gasteiger partial charge < -0.3 is 10.2 Å². The van der Waals surface area contributed by atoms with Crippen LogP contribution < -0.4 is 0 Å². The molecule has 0 saturated heterocycles. The highest BCUT2D eigenvalue weighted by molar-refractivity contribution is 6.30. The van der Waals surface area contributed by atoms with E-state index in [1.165, 1.54) is 6.21 Å². The van der Waals surface area contributed by atoms with E-state index in [-0.39, 0.29) is 0 Å². The van der Waals surface area contributed by atoms with Crippen LogP contribution in [0, 0.1) is 0 Å². The van der Waals surface area contributed by atoms with Crippen molar-refractivity contribution in [3.63, 3.8) is 0 Å². The van der Waals surface area contributed by atoms with Gasteiger partial charge in [-0.25, -0.2) is 0 Å². The average molecular weight is 271 g/mol. The van der Waals surface area contributed by atoms with Crippen LogP contribution >= 0.6 is 11.6 Å². The molecule has 2 aromatic carbocycles. The van der Waals surface area contributed by atoms with Crippen LogP contribution in [0.5, 0.6) is 0 Å². The van der Waals surface area contributed by atoms with Crippen molar-refractivity contribution in [3.05, 3.63) is 59.1 Å². The third-order valence-electron chi connectivity index (χ3n) is 3.07. The highest BCUT2D eigenvalue weighted by Crippen LogP contribution is 2.29. The molecule has 3 nitrogen and oxygen atoms in total. The summed E-state index contributed by atoms with van der Waals surface area (Å²) in [6, 6.07) is 15.4. The lowest BCUT2D eigenvalue weighted by Gasteiger charge is -2.00. The number of hydrogen-bond acceptors (Lipinski definition) is 2. The number of benzene rings is 2. The molecule has 0 spiro atoms. The maximum Gasteiger partial charge on any atom is 0.0761 e. The molecule has 19 heavy (non-hydrogen) atoms. The summed E-state index contributed by atoms with van der Waals surface area (Å²) >= 11 is 5.90. The van der Waals surface area contributed by atoms with Gasteiger partial charge in [-0.05, 0) is 23.8 Å². The second kappa shape index (κ2) is 4.78. The minimum atomic E-state index is 0.692.